The molecule has 6 nitrogen and oxygen atoms in total. The predicted molar refractivity (Wildman–Crippen MR) is 118 cm³/mol. The molecule has 0 amide bonds. The zero-order valence-electron chi connectivity index (χ0n) is 16.8. The highest BCUT2D eigenvalue weighted by molar-refractivity contribution is 7.80. The molecule has 144 valence electrons. The van der Waals surface area contributed by atoms with Crippen molar-refractivity contribution in [3.63, 3.8) is 0 Å². The molecule has 27 heavy (non-hydrogen) atoms. The molecule has 0 aliphatic heterocycles. The third-order valence-electron chi connectivity index (χ3n) is 3.82. The topological polar surface area (TPSA) is 74.2 Å². The summed E-state index contributed by atoms with van der Waals surface area (Å²) >= 11 is 5.45. The van der Waals surface area contributed by atoms with Gasteiger partial charge in [0.15, 0.2) is 5.11 Å². The second kappa shape index (κ2) is 9.41. The van der Waals surface area contributed by atoms with Crippen molar-refractivity contribution >= 4 is 34.9 Å². The van der Waals surface area contributed by atoms with Gasteiger partial charge in [0.1, 0.15) is 0 Å². The number of aromatic nitrogens is 2. The molecule has 0 saturated carbocycles. The molecule has 0 aliphatic rings. The minimum Gasteiger partial charge on any atom is -0.332 e. The molecule has 0 fully saturated rings. The van der Waals surface area contributed by atoms with Crippen LogP contribution in [-0.4, -0.2) is 27.6 Å². The zero-order chi connectivity index (χ0) is 20.0. The molecule has 1 aromatic heterocycles. The predicted octanol–water partition coefficient (Wildman–Crippen LogP) is 4.12. The number of aryl methyl sites for hydroxylation is 4. The van der Waals surface area contributed by atoms with E-state index in [1.54, 1.807) is 0 Å². The first kappa shape index (κ1) is 20.8. The van der Waals surface area contributed by atoms with E-state index in [4.69, 9.17) is 12.2 Å². The van der Waals surface area contributed by atoms with Crippen LogP contribution < -0.4 is 16.0 Å². The Hall–Kier alpha value is -2.54. The van der Waals surface area contributed by atoms with Crippen LogP contribution in [0.25, 0.3) is 0 Å². The van der Waals surface area contributed by atoms with Gasteiger partial charge in [-0.2, -0.15) is 0 Å². The molecule has 0 aliphatic carbocycles. The Balaban J connectivity index is 2.12. The summed E-state index contributed by atoms with van der Waals surface area (Å²) in [7, 11) is 0. The van der Waals surface area contributed by atoms with Crippen LogP contribution >= 0.6 is 12.2 Å². The average molecular weight is 385 g/mol. The summed E-state index contributed by atoms with van der Waals surface area (Å²) in [6, 6.07) is 8.06. The number of thiocarbonyl (C=S) groups is 1. The normalized spacial score (nSPS) is 11.4. The quantitative estimate of drug-likeness (QED) is 0.418. The lowest BCUT2D eigenvalue weighted by atomic mass is 10.1. The molecule has 0 atom stereocenters. The molecule has 1 heterocycles. The first-order valence-electron chi connectivity index (χ1n) is 9.02. The van der Waals surface area contributed by atoms with Crippen LogP contribution in [-0.2, 0) is 0 Å². The minimum atomic E-state index is 0.421. The van der Waals surface area contributed by atoms with E-state index < -0.39 is 0 Å². The molecule has 0 spiro atoms. The highest BCUT2D eigenvalue weighted by Crippen LogP contribution is 2.14. The summed E-state index contributed by atoms with van der Waals surface area (Å²) in [6.45, 7) is 12.9. The molecule has 2 aromatic rings. The van der Waals surface area contributed by atoms with Crippen molar-refractivity contribution in [2.75, 3.05) is 17.2 Å². The number of guanidine groups is 1. The Bertz CT molecular complexity index is 824. The summed E-state index contributed by atoms with van der Waals surface area (Å²) < 4.78 is 0. The van der Waals surface area contributed by atoms with E-state index >= 15 is 0 Å². The summed E-state index contributed by atoms with van der Waals surface area (Å²) in [5.74, 6) is 1.44. The second-order valence-corrected chi connectivity index (χ2v) is 7.47. The van der Waals surface area contributed by atoms with Crippen molar-refractivity contribution in [2.24, 2.45) is 10.9 Å². The number of anilines is 2. The SMILES string of the molecule is Cc1cc(C)nc(NC(=NCC(C)C)NC(=S)Nc2ccc(C)c(C)c2)n1. The van der Waals surface area contributed by atoms with Gasteiger partial charge in [0.05, 0.1) is 0 Å². The van der Waals surface area contributed by atoms with Gasteiger partial charge in [0.2, 0.25) is 11.9 Å². The first-order chi connectivity index (χ1) is 12.7. The van der Waals surface area contributed by atoms with Crippen molar-refractivity contribution in [2.45, 2.75) is 41.5 Å². The van der Waals surface area contributed by atoms with Crippen molar-refractivity contribution in [1.82, 2.24) is 15.3 Å². The highest BCUT2D eigenvalue weighted by Gasteiger charge is 2.08. The standard InChI is InChI=1S/C20H28N6S/c1-12(2)11-21-18(25-19-22-15(5)10-16(6)23-19)26-20(27)24-17-8-7-13(3)14(4)9-17/h7-10,12H,11H2,1-6H3,(H3,21,22,23,24,25,26,27). The van der Waals surface area contributed by atoms with E-state index in [1.165, 1.54) is 11.1 Å². The van der Waals surface area contributed by atoms with E-state index in [9.17, 15) is 0 Å². The smallest absolute Gasteiger partial charge is 0.229 e. The van der Waals surface area contributed by atoms with Gasteiger partial charge in [-0.3, -0.25) is 10.3 Å². The van der Waals surface area contributed by atoms with Crippen LogP contribution in [0.5, 0.6) is 0 Å². The molecule has 0 unspecified atom stereocenters. The lowest BCUT2D eigenvalue weighted by Crippen LogP contribution is -2.39. The molecular formula is C20H28N6S. The fourth-order valence-electron chi connectivity index (χ4n) is 2.36. The van der Waals surface area contributed by atoms with Crippen LogP contribution in [0.15, 0.2) is 29.3 Å². The maximum Gasteiger partial charge on any atom is 0.229 e. The summed E-state index contributed by atoms with van der Waals surface area (Å²) in [6.07, 6.45) is 0. The molecule has 2 rings (SSSR count). The number of nitrogens with zero attached hydrogens (tertiary/aromatic N) is 3. The average Bonchev–Trinajstić information content (AvgIpc) is 2.55. The number of hydrogen-bond donors (Lipinski definition) is 3. The largest absolute Gasteiger partial charge is 0.332 e. The third-order valence-corrected chi connectivity index (χ3v) is 4.03. The Morgan fingerprint density at radius 2 is 1.67 bits per heavy atom. The Morgan fingerprint density at radius 3 is 2.26 bits per heavy atom. The molecule has 0 bridgehead atoms. The Labute approximate surface area is 166 Å². The number of aliphatic imine (C=N–C) groups is 1. The fraction of sp³-hybridized carbons (Fsp3) is 0.400. The third kappa shape index (κ3) is 6.94. The summed E-state index contributed by atoms with van der Waals surface area (Å²) in [4.78, 5) is 13.4. The maximum atomic E-state index is 5.45. The highest BCUT2D eigenvalue weighted by atomic mass is 32.1. The number of benzene rings is 1. The Kier molecular flexibility index (Phi) is 7.24. The summed E-state index contributed by atoms with van der Waals surface area (Å²) in [5.41, 5.74) is 5.17. The van der Waals surface area contributed by atoms with Crippen molar-refractivity contribution in [1.29, 1.82) is 0 Å². The maximum absolute atomic E-state index is 5.45. The van der Waals surface area contributed by atoms with Crippen LogP contribution in [0.2, 0.25) is 0 Å². The van der Waals surface area contributed by atoms with Crippen LogP contribution in [0, 0.1) is 33.6 Å². The van der Waals surface area contributed by atoms with Gasteiger partial charge in [-0.15, -0.1) is 0 Å². The van der Waals surface area contributed by atoms with E-state index in [0.29, 0.717) is 29.5 Å². The number of rotatable bonds is 4. The molecule has 0 saturated heterocycles. The van der Waals surface area contributed by atoms with E-state index in [-0.39, 0.29) is 0 Å². The van der Waals surface area contributed by atoms with Gasteiger partial charge >= 0.3 is 0 Å². The van der Waals surface area contributed by atoms with Gasteiger partial charge in [-0.1, -0.05) is 19.9 Å². The molecular weight excluding hydrogens is 356 g/mol. The van der Waals surface area contributed by atoms with E-state index in [0.717, 1.165) is 17.1 Å². The number of nitrogens with one attached hydrogen (secondary N) is 3. The number of hydrogen-bond acceptors (Lipinski definition) is 4. The Morgan fingerprint density at radius 1 is 1.00 bits per heavy atom. The lowest BCUT2D eigenvalue weighted by Gasteiger charge is -2.15. The minimum absolute atomic E-state index is 0.421. The van der Waals surface area contributed by atoms with E-state index in [2.05, 4.69) is 70.7 Å². The first-order valence-corrected chi connectivity index (χ1v) is 9.42. The van der Waals surface area contributed by atoms with Gasteiger partial charge in [0, 0.05) is 23.6 Å². The van der Waals surface area contributed by atoms with Crippen LogP contribution in [0.3, 0.4) is 0 Å². The summed E-state index contributed by atoms with van der Waals surface area (Å²) in [5, 5.41) is 9.92. The zero-order valence-corrected chi connectivity index (χ0v) is 17.7. The van der Waals surface area contributed by atoms with Gasteiger partial charge in [-0.05, 0) is 75.2 Å². The van der Waals surface area contributed by atoms with Crippen molar-refractivity contribution < 1.29 is 0 Å². The van der Waals surface area contributed by atoms with Gasteiger partial charge < -0.3 is 10.6 Å². The monoisotopic (exact) mass is 384 g/mol. The van der Waals surface area contributed by atoms with Crippen molar-refractivity contribution in [3.05, 3.63) is 46.8 Å². The fourth-order valence-corrected chi connectivity index (χ4v) is 2.58. The van der Waals surface area contributed by atoms with Crippen molar-refractivity contribution in [3.8, 4) is 0 Å². The van der Waals surface area contributed by atoms with Crippen LogP contribution in [0.4, 0.5) is 11.6 Å². The van der Waals surface area contributed by atoms with Gasteiger partial charge in [0.25, 0.3) is 0 Å². The van der Waals surface area contributed by atoms with Gasteiger partial charge in [-0.25, -0.2) is 9.97 Å². The molecule has 3 N–H and O–H groups in total. The molecule has 7 heteroatoms. The molecule has 1 aromatic carbocycles. The van der Waals surface area contributed by atoms with E-state index in [1.807, 2.05) is 26.0 Å². The molecule has 0 radical (unpaired) electrons. The lowest BCUT2D eigenvalue weighted by molar-refractivity contribution is 0.664. The van der Waals surface area contributed by atoms with Crippen LogP contribution in [0.1, 0.15) is 36.4 Å². The second-order valence-electron chi connectivity index (χ2n) is 7.06.